The van der Waals surface area contributed by atoms with Gasteiger partial charge in [0, 0.05) is 17.7 Å². The van der Waals surface area contributed by atoms with Crippen LogP contribution in [0, 0.1) is 10.1 Å². The third-order valence-electron chi connectivity index (χ3n) is 2.67. The van der Waals surface area contributed by atoms with Crippen LogP contribution in [0.25, 0.3) is 0 Å². The lowest BCUT2D eigenvalue weighted by molar-refractivity contribution is -0.384. The summed E-state index contributed by atoms with van der Waals surface area (Å²) in [6.07, 6.45) is 1.26. The third-order valence-corrected chi connectivity index (χ3v) is 2.67. The lowest BCUT2D eigenvalue weighted by Gasteiger charge is -2.10. The Balaban J connectivity index is 2.24. The minimum atomic E-state index is -0.479. The Kier molecular flexibility index (Phi) is 4.35. The van der Waals surface area contributed by atoms with Crippen molar-refractivity contribution in [3.63, 3.8) is 0 Å². The fourth-order valence-electron chi connectivity index (χ4n) is 1.68. The molecule has 21 heavy (non-hydrogen) atoms. The van der Waals surface area contributed by atoms with Crippen molar-refractivity contribution in [1.29, 1.82) is 0 Å². The molecule has 0 bridgehead atoms. The summed E-state index contributed by atoms with van der Waals surface area (Å²) in [4.78, 5) is 10.1. The number of ether oxygens (including phenoxy) is 2. The number of nitrogens with zero attached hydrogens (tertiary/aromatic N) is 2. The zero-order valence-electron chi connectivity index (χ0n) is 11.1. The Morgan fingerprint density at radius 3 is 2.48 bits per heavy atom. The molecule has 7 nitrogen and oxygen atoms in total. The number of oxime groups is 1. The van der Waals surface area contributed by atoms with Crippen LogP contribution in [0.3, 0.4) is 0 Å². The molecule has 0 saturated carbocycles. The maximum atomic E-state index is 10.6. The van der Waals surface area contributed by atoms with Crippen LogP contribution in [-0.2, 0) is 0 Å². The monoisotopic (exact) mass is 288 g/mol. The SMILES string of the molecule is COc1cc(/C=N\O)ccc1Oc1ccc([N+](=O)[O-])cc1. The molecule has 0 aliphatic rings. The highest BCUT2D eigenvalue weighted by molar-refractivity contribution is 5.80. The Morgan fingerprint density at radius 2 is 1.90 bits per heavy atom. The van der Waals surface area contributed by atoms with Gasteiger partial charge in [0.25, 0.3) is 5.69 Å². The second-order valence-corrected chi connectivity index (χ2v) is 4.01. The molecule has 2 rings (SSSR count). The minimum Gasteiger partial charge on any atom is -0.493 e. The van der Waals surface area contributed by atoms with E-state index in [2.05, 4.69) is 5.16 Å². The Bertz CT molecular complexity index is 668. The van der Waals surface area contributed by atoms with Gasteiger partial charge in [0.1, 0.15) is 5.75 Å². The van der Waals surface area contributed by atoms with E-state index in [1.165, 1.54) is 37.6 Å². The number of hydrogen-bond acceptors (Lipinski definition) is 6. The van der Waals surface area contributed by atoms with Crippen LogP contribution in [0.2, 0.25) is 0 Å². The van der Waals surface area contributed by atoms with Crippen LogP contribution < -0.4 is 9.47 Å². The highest BCUT2D eigenvalue weighted by Gasteiger charge is 2.09. The second kappa shape index (κ2) is 6.38. The molecule has 0 fully saturated rings. The van der Waals surface area contributed by atoms with E-state index in [0.717, 1.165) is 0 Å². The van der Waals surface area contributed by atoms with Gasteiger partial charge in [-0.1, -0.05) is 5.16 Å². The summed E-state index contributed by atoms with van der Waals surface area (Å²) >= 11 is 0. The maximum absolute atomic E-state index is 10.6. The molecule has 0 atom stereocenters. The second-order valence-electron chi connectivity index (χ2n) is 4.01. The number of hydrogen-bond donors (Lipinski definition) is 1. The topological polar surface area (TPSA) is 94.2 Å². The summed E-state index contributed by atoms with van der Waals surface area (Å²) in [5.41, 5.74) is 0.634. The van der Waals surface area contributed by atoms with Crippen molar-refractivity contribution < 1.29 is 19.6 Å². The van der Waals surface area contributed by atoms with Crippen molar-refractivity contribution in [3.05, 3.63) is 58.1 Å². The van der Waals surface area contributed by atoms with Gasteiger partial charge in [-0.05, 0) is 30.3 Å². The first kappa shape index (κ1) is 14.3. The van der Waals surface area contributed by atoms with Crippen molar-refractivity contribution in [3.8, 4) is 17.2 Å². The number of non-ortho nitro benzene ring substituents is 1. The molecule has 0 aromatic heterocycles. The van der Waals surface area contributed by atoms with E-state index in [1.807, 2.05) is 0 Å². The zero-order chi connectivity index (χ0) is 15.2. The predicted molar refractivity (Wildman–Crippen MR) is 75.5 cm³/mol. The summed E-state index contributed by atoms with van der Waals surface area (Å²) in [6.45, 7) is 0. The van der Waals surface area contributed by atoms with Gasteiger partial charge in [0.2, 0.25) is 0 Å². The van der Waals surface area contributed by atoms with E-state index >= 15 is 0 Å². The van der Waals surface area contributed by atoms with Gasteiger partial charge in [0.15, 0.2) is 11.5 Å². The molecule has 0 amide bonds. The zero-order valence-corrected chi connectivity index (χ0v) is 11.1. The highest BCUT2D eigenvalue weighted by Crippen LogP contribution is 2.32. The largest absolute Gasteiger partial charge is 0.493 e. The molecular formula is C14H12N2O5. The Morgan fingerprint density at radius 1 is 1.19 bits per heavy atom. The lowest BCUT2D eigenvalue weighted by Crippen LogP contribution is -1.93. The van der Waals surface area contributed by atoms with Gasteiger partial charge >= 0.3 is 0 Å². The molecule has 2 aromatic rings. The number of nitro benzene ring substituents is 1. The van der Waals surface area contributed by atoms with Crippen LogP contribution >= 0.6 is 0 Å². The van der Waals surface area contributed by atoms with Crippen LogP contribution in [-0.4, -0.2) is 23.5 Å². The lowest BCUT2D eigenvalue weighted by atomic mass is 10.2. The van der Waals surface area contributed by atoms with Crippen LogP contribution in [0.5, 0.6) is 17.2 Å². The van der Waals surface area contributed by atoms with E-state index in [-0.39, 0.29) is 5.69 Å². The summed E-state index contributed by atoms with van der Waals surface area (Å²) in [6, 6.07) is 10.7. The summed E-state index contributed by atoms with van der Waals surface area (Å²) in [5.74, 6) is 1.34. The molecule has 2 aromatic carbocycles. The molecule has 1 N–H and O–H groups in total. The highest BCUT2D eigenvalue weighted by atomic mass is 16.6. The fraction of sp³-hybridized carbons (Fsp3) is 0.0714. The van der Waals surface area contributed by atoms with E-state index in [0.29, 0.717) is 22.8 Å². The Hall–Kier alpha value is -3.09. The third kappa shape index (κ3) is 3.47. The molecule has 0 aliphatic carbocycles. The molecule has 0 saturated heterocycles. The van der Waals surface area contributed by atoms with E-state index in [4.69, 9.17) is 14.7 Å². The normalized spacial score (nSPS) is 10.5. The number of rotatable bonds is 5. The first-order valence-electron chi connectivity index (χ1n) is 5.92. The summed E-state index contributed by atoms with van der Waals surface area (Å²) in [7, 11) is 1.48. The molecule has 0 unspecified atom stereocenters. The molecule has 0 radical (unpaired) electrons. The molecule has 0 spiro atoms. The van der Waals surface area contributed by atoms with Crippen molar-refractivity contribution >= 4 is 11.9 Å². The van der Waals surface area contributed by atoms with Crippen molar-refractivity contribution in [1.82, 2.24) is 0 Å². The quantitative estimate of drug-likeness (QED) is 0.394. The van der Waals surface area contributed by atoms with E-state index in [1.54, 1.807) is 18.2 Å². The first-order valence-corrected chi connectivity index (χ1v) is 5.92. The average Bonchev–Trinajstić information content (AvgIpc) is 2.49. The van der Waals surface area contributed by atoms with E-state index in [9.17, 15) is 10.1 Å². The number of benzene rings is 2. The van der Waals surface area contributed by atoms with Gasteiger partial charge in [-0.2, -0.15) is 0 Å². The Labute approximate surface area is 120 Å². The van der Waals surface area contributed by atoms with E-state index < -0.39 is 4.92 Å². The summed E-state index contributed by atoms with van der Waals surface area (Å²) in [5, 5.41) is 22.0. The standard InChI is InChI=1S/C14H12N2O5/c1-20-14-8-10(9-15-17)2-7-13(14)21-12-5-3-11(4-6-12)16(18)19/h2-9,17H,1H3/b15-9-. The summed E-state index contributed by atoms with van der Waals surface area (Å²) < 4.78 is 10.8. The molecular weight excluding hydrogens is 276 g/mol. The average molecular weight is 288 g/mol. The predicted octanol–water partition coefficient (Wildman–Crippen LogP) is 3.20. The molecule has 0 aliphatic heterocycles. The van der Waals surface area contributed by atoms with Crippen LogP contribution in [0.15, 0.2) is 47.6 Å². The maximum Gasteiger partial charge on any atom is 0.269 e. The molecule has 7 heteroatoms. The fourth-order valence-corrected chi connectivity index (χ4v) is 1.68. The number of methoxy groups -OCH3 is 1. The van der Waals surface area contributed by atoms with Crippen LogP contribution in [0.1, 0.15) is 5.56 Å². The van der Waals surface area contributed by atoms with Gasteiger partial charge < -0.3 is 14.7 Å². The van der Waals surface area contributed by atoms with Gasteiger partial charge in [-0.3, -0.25) is 10.1 Å². The smallest absolute Gasteiger partial charge is 0.269 e. The van der Waals surface area contributed by atoms with Crippen molar-refractivity contribution in [2.45, 2.75) is 0 Å². The van der Waals surface area contributed by atoms with Crippen molar-refractivity contribution in [2.75, 3.05) is 7.11 Å². The molecule has 108 valence electrons. The van der Waals surface area contributed by atoms with Gasteiger partial charge in [-0.25, -0.2) is 0 Å². The van der Waals surface area contributed by atoms with Crippen LogP contribution in [0.4, 0.5) is 5.69 Å². The number of nitro groups is 1. The first-order chi connectivity index (χ1) is 10.1. The van der Waals surface area contributed by atoms with Gasteiger partial charge in [0.05, 0.1) is 18.2 Å². The van der Waals surface area contributed by atoms with Crippen molar-refractivity contribution in [2.24, 2.45) is 5.16 Å². The minimum absolute atomic E-state index is 0.0104. The molecule has 0 heterocycles. The van der Waals surface area contributed by atoms with Gasteiger partial charge in [-0.15, -0.1) is 0 Å².